The molecular formula is C45H49F5N6O9. The molecule has 0 saturated carbocycles. The summed E-state index contributed by atoms with van der Waals surface area (Å²) in [6.07, 6.45) is -4.21. The Hall–Kier alpha value is -6.35. The number of aromatic nitrogens is 4. The molecule has 0 bridgehead atoms. The average Bonchev–Trinajstić information content (AvgIpc) is 3.84. The molecule has 1 fully saturated rings. The number of hydrogen-bond acceptors (Lipinski definition) is 10. The highest BCUT2D eigenvalue weighted by atomic mass is 19.4. The molecule has 1 aliphatic heterocycles. The minimum absolute atomic E-state index is 0.0654. The van der Waals surface area contributed by atoms with Crippen molar-refractivity contribution in [2.45, 2.75) is 75.9 Å². The molecule has 1 saturated heterocycles. The van der Waals surface area contributed by atoms with Crippen LogP contribution in [0.2, 0.25) is 0 Å². The van der Waals surface area contributed by atoms with Gasteiger partial charge in [-0.2, -0.15) is 23.4 Å². The maximum atomic E-state index is 14.8. The second-order valence-corrected chi connectivity index (χ2v) is 15.5. The summed E-state index contributed by atoms with van der Waals surface area (Å²) in [7, 11) is 1.66. The van der Waals surface area contributed by atoms with Gasteiger partial charge in [-0.25, -0.2) is 23.5 Å². The van der Waals surface area contributed by atoms with E-state index >= 15 is 0 Å². The number of aryl methyl sites for hydroxylation is 1. The number of carbonyl (C=O) groups is 3. The fourth-order valence-electron chi connectivity index (χ4n) is 7.55. The number of rotatable bonds is 17. The first-order valence-electron chi connectivity index (χ1n) is 20.5. The molecule has 3 unspecified atom stereocenters. The van der Waals surface area contributed by atoms with Crippen molar-refractivity contribution in [1.82, 2.24) is 30.2 Å². The smallest absolute Gasteiger partial charge is 0.416 e. The number of H-pyrrole nitrogens is 2. The summed E-state index contributed by atoms with van der Waals surface area (Å²) in [6, 6.07) is 16.2. The van der Waals surface area contributed by atoms with E-state index in [9.17, 15) is 41.1 Å². The van der Waals surface area contributed by atoms with E-state index < -0.39 is 59.0 Å². The first kappa shape index (κ1) is 49.7. The Morgan fingerprint density at radius 1 is 0.923 bits per heavy atom. The summed E-state index contributed by atoms with van der Waals surface area (Å²) < 4.78 is 73.6. The lowest BCUT2D eigenvalue weighted by Gasteiger charge is -2.39. The van der Waals surface area contributed by atoms with Crippen LogP contribution >= 0.6 is 0 Å². The van der Waals surface area contributed by atoms with Gasteiger partial charge in [0.05, 0.1) is 30.5 Å². The van der Waals surface area contributed by atoms with Gasteiger partial charge in [-0.3, -0.25) is 14.7 Å². The lowest BCUT2D eigenvalue weighted by atomic mass is 9.88. The van der Waals surface area contributed by atoms with Crippen LogP contribution in [0.3, 0.4) is 0 Å². The molecule has 2 aromatic heterocycles. The molecule has 1 aliphatic rings. The number of aromatic amines is 2. The zero-order valence-corrected chi connectivity index (χ0v) is 35.4. The molecule has 5 aromatic rings. The van der Waals surface area contributed by atoms with Crippen LogP contribution < -0.4 is 5.56 Å². The predicted octanol–water partition coefficient (Wildman–Crippen LogP) is 4.95. The standard InChI is InChI=1S/C41H43F5N6O3.C4H6O6/c1-26(31-23-47-48-24-31)38-34(15-12-30-4-3-5-35(42)39(30)43)36(49-50-40(38)54)22-37(53)52(33-16-18-51(19-17-33)20-21-55-2)25-27-6-8-28(9-7-27)29-10-13-32(14-11-29)41(44,45)46;5-1(3(7)8)2(6)4(9)10/h3-11,13-14,23-24,26,33H,12,15-22,25H2,1-2H3,(H,47,48)(H,50,54);1-2,5-6H,(H,7,8)(H,9,10). The molecule has 3 heterocycles. The lowest BCUT2D eigenvalue weighted by molar-refractivity contribution is -0.165. The van der Waals surface area contributed by atoms with Crippen molar-refractivity contribution in [2.24, 2.45) is 0 Å². The number of aliphatic hydroxyl groups is 2. The number of nitrogens with zero attached hydrogens (tertiary/aromatic N) is 4. The SMILES string of the molecule is COCCN1CCC(N(Cc2ccc(-c3ccc(C(F)(F)F)cc3)cc2)C(=O)Cc2n[nH]c(=O)c(C(C)c3cn[nH]c3)c2CCc2cccc(F)c2F)CC1.O=C(O)C(O)C(O)C(=O)O. The minimum Gasteiger partial charge on any atom is -0.479 e. The Bertz CT molecular complexity index is 2410. The summed E-state index contributed by atoms with van der Waals surface area (Å²) in [5.41, 5.74) is 3.09. The molecular weight excluding hydrogens is 864 g/mol. The van der Waals surface area contributed by atoms with Gasteiger partial charge >= 0.3 is 18.1 Å². The van der Waals surface area contributed by atoms with Crippen LogP contribution in [0.1, 0.15) is 64.8 Å². The molecule has 6 rings (SSSR count). The first-order chi connectivity index (χ1) is 30.9. The number of methoxy groups -OCH3 is 1. The molecule has 0 spiro atoms. The van der Waals surface area contributed by atoms with Crippen LogP contribution in [0.25, 0.3) is 11.1 Å². The molecule has 1 amide bonds. The van der Waals surface area contributed by atoms with Crippen molar-refractivity contribution < 1.29 is 61.5 Å². The molecule has 6 N–H and O–H groups in total. The summed E-state index contributed by atoms with van der Waals surface area (Å²) in [6.45, 7) is 5.00. The Balaban J connectivity index is 0.000000709. The maximum Gasteiger partial charge on any atom is 0.416 e. The topological polar surface area (TPSA) is 222 Å². The van der Waals surface area contributed by atoms with Gasteiger partial charge in [0.1, 0.15) is 0 Å². The van der Waals surface area contributed by atoms with Gasteiger partial charge in [0.15, 0.2) is 23.8 Å². The molecule has 348 valence electrons. The van der Waals surface area contributed by atoms with Crippen molar-refractivity contribution in [2.75, 3.05) is 33.4 Å². The molecule has 65 heavy (non-hydrogen) atoms. The highest BCUT2D eigenvalue weighted by Gasteiger charge is 2.32. The lowest BCUT2D eigenvalue weighted by Crippen LogP contribution is -2.48. The summed E-state index contributed by atoms with van der Waals surface area (Å²) in [5.74, 6) is -6.15. The zero-order chi connectivity index (χ0) is 47.4. The van der Waals surface area contributed by atoms with Crippen molar-refractivity contribution in [3.05, 3.63) is 140 Å². The summed E-state index contributed by atoms with van der Waals surface area (Å²) in [5, 5.41) is 46.3. The number of carboxylic acids is 2. The molecule has 15 nitrogen and oxygen atoms in total. The fourth-order valence-corrected chi connectivity index (χ4v) is 7.55. The second kappa shape index (κ2) is 22.5. The Labute approximate surface area is 369 Å². The van der Waals surface area contributed by atoms with Gasteiger partial charge in [0.25, 0.3) is 5.56 Å². The zero-order valence-electron chi connectivity index (χ0n) is 35.4. The minimum atomic E-state index is -4.43. The number of hydrogen-bond donors (Lipinski definition) is 6. The van der Waals surface area contributed by atoms with Crippen LogP contribution in [0, 0.1) is 11.6 Å². The third kappa shape index (κ3) is 13.1. The van der Waals surface area contributed by atoms with Gasteiger partial charge in [-0.05, 0) is 77.3 Å². The molecule has 0 aliphatic carbocycles. The Kier molecular flexibility index (Phi) is 17.2. The number of amides is 1. The molecule has 0 radical (unpaired) electrons. The van der Waals surface area contributed by atoms with Crippen LogP contribution in [-0.4, -0.2) is 120 Å². The number of likely N-dealkylation sites (tertiary alicyclic amines) is 1. The van der Waals surface area contributed by atoms with E-state index in [0.717, 1.165) is 54.5 Å². The number of piperidine rings is 1. The highest BCUT2D eigenvalue weighted by Crippen LogP contribution is 2.32. The second-order valence-electron chi connectivity index (χ2n) is 15.5. The summed E-state index contributed by atoms with van der Waals surface area (Å²) >= 11 is 0. The van der Waals surface area contributed by atoms with E-state index in [0.29, 0.717) is 41.8 Å². The van der Waals surface area contributed by atoms with E-state index in [-0.39, 0.29) is 43.3 Å². The molecule has 3 aromatic carbocycles. The third-order valence-corrected chi connectivity index (χ3v) is 11.2. The highest BCUT2D eigenvalue weighted by molar-refractivity contribution is 5.83. The predicted molar refractivity (Wildman–Crippen MR) is 224 cm³/mol. The maximum absolute atomic E-state index is 14.8. The number of benzene rings is 3. The van der Waals surface area contributed by atoms with E-state index in [2.05, 4.69) is 25.3 Å². The van der Waals surface area contributed by atoms with Crippen molar-refractivity contribution in [1.29, 1.82) is 0 Å². The van der Waals surface area contributed by atoms with Crippen LogP contribution in [0.4, 0.5) is 22.0 Å². The summed E-state index contributed by atoms with van der Waals surface area (Å²) in [4.78, 5) is 51.6. The average molecular weight is 913 g/mol. The van der Waals surface area contributed by atoms with E-state index in [1.54, 1.807) is 19.5 Å². The number of carboxylic acid groups (broad SMARTS) is 2. The third-order valence-electron chi connectivity index (χ3n) is 11.2. The van der Waals surface area contributed by atoms with Crippen LogP contribution in [0.15, 0.2) is 83.9 Å². The van der Waals surface area contributed by atoms with E-state index in [4.69, 9.17) is 25.2 Å². The van der Waals surface area contributed by atoms with Crippen LogP contribution in [0.5, 0.6) is 0 Å². The normalized spacial score (nSPS) is 14.8. The monoisotopic (exact) mass is 912 g/mol. The number of carbonyl (C=O) groups excluding carboxylic acids is 1. The van der Waals surface area contributed by atoms with E-state index in [1.807, 2.05) is 36.1 Å². The number of nitrogens with one attached hydrogen (secondary N) is 2. The number of alkyl halides is 3. The quantitative estimate of drug-likeness (QED) is 0.0683. The van der Waals surface area contributed by atoms with Crippen LogP contribution in [-0.2, 0) is 51.1 Å². The van der Waals surface area contributed by atoms with Crippen molar-refractivity contribution >= 4 is 17.8 Å². The fraction of sp³-hybridized carbons (Fsp3) is 0.378. The molecule has 3 atom stereocenters. The number of ether oxygens (including phenoxy) is 1. The van der Waals surface area contributed by atoms with Gasteiger partial charge in [-0.1, -0.05) is 55.5 Å². The van der Waals surface area contributed by atoms with E-state index in [1.165, 1.54) is 24.3 Å². The van der Waals surface area contributed by atoms with Gasteiger partial charge in [-0.15, -0.1) is 0 Å². The number of aliphatic hydroxyl groups excluding tert-OH is 2. The number of aliphatic carboxylic acids is 2. The van der Waals surface area contributed by atoms with Gasteiger partial charge < -0.3 is 35.0 Å². The van der Waals surface area contributed by atoms with Gasteiger partial charge in [0.2, 0.25) is 5.91 Å². The largest absolute Gasteiger partial charge is 0.479 e. The van der Waals surface area contributed by atoms with Crippen molar-refractivity contribution in [3.63, 3.8) is 0 Å². The first-order valence-corrected chi connectivity index (χ1v) is 20.5. The number of halogens is 5. The molecule has 20 heteroatoms. The Morgan fingerprint density at radius 3 is 2.09 bits per heavy atom. The van der Waals surface area contributed by atoms with Crippen molar-refractivity contribution in [3.8, 4) is 11.1 Å². The van der Waals surface area contributed by atoms with Gasteiger partial charge in [0, 0.05) is 57.0 Å². The Morgan fingerprint density at radius 2 is 1.54 bits per heavy atom.